The highest BCUT2D eigenvalue weighted by Gasteiger charge is 2.21. The summed E-state index contributed by atoms with van der Waals surface area (Å²) < 4.78 is 34.1. The molecule has 1 aromatic heterocycles. The van der Waals surface area contributed by atoms with Crippen molar-refractivity contribution >= 4 is 55.9 Å². The Bertz CT molecular complexity index is 1490. The van der Waals surface area contributed by atoms with Crippen molar-refractivity contribution in [1.82, 2.24) is 15.3 Å². The number of hydrogen-bond acceptors (Lipinski definition) is 7. The molecule has 1 amide bonds. The normalized spacial score (nSPS) is 11.1. The Hall–Kier alpha value is -3.89. The van der Waals surface area contributed by atoms with Crippen LogP contribution in [-0.4, -0.2) is 38.5 Å². The Kier molecular flexibility index (Phi) is 6.53. The van der Waals surface area contributed by atoms with Gasteiger partial charge >= 0.3 is 0 Å². The van der Waals surface area contributed by atoms with E-state index in [1.54, 1.807) is 42.5 Å². The largest absolute Gasteiger partial charge is 0.497 e. The molecule has 0 saturated carbocycles. The third kappa shape index (κ3) is 4.87. The monoisotopic (exact) mass is 497 g/mol. The molecule has 174 valence electrons. The molecule has 11 heteroatoms. The first-order valence-electron chi connectivity index (χ1n) is 10.0. The van der Waals surface area contributed by atoms with Crippen molar-refractivity contribution in [1.29, 1.82) is 0 Å². The van der Waals surface area contributed by atoms with Crippen molar-refractivity contribution in [2.45, 2.75) is 4.90 Å². The molecule has 1 heterocycles. The maximum atomic E-state index is 13.2. The molecule has 0 aliphatic carbocycles. The smallest absolute Gasteiger partial charge is 0.263 e. The van der Waals surface area contributed by atoms with E-state index in [9.17, 15) is 13.2 Å². The minimum absolute atomic E-state index is 0.0390. The summed E-state index contributed by atoms with van der Waals surface area (Å²) in [7, 11) is -1.12. The molecule has 0 radical (unpaired) electrons. The standard InChI is InChI=1S/C23H20ClN5O4S/c1-25-23(30)14-6-5-7-16(12-14)34(31,32)29-22-21(26-18-8-3-4-9-19(18)27-22)28-20-13-15(33-2)10-11-17(20)24/h3-13H,1-2H3,(H,25,30)(H,26,28)(H,27,29). The highest BCUT2D eigenvalue weighted by atomic mass is 35.5. The van der Waals surface area contributed by atoms with Crippen LogP contribution in [0.15, 0.2) is 71.6 Å². The highest BCUT2D eigenvalue weighted by Crippen LogP contribution is 2.32. The Morgan fingerprint density at radius 1 is 0.941 bits per heavy atom. The number of benzene rings is 3. The summed E-state index contributed by atoms with van der Waals surface area (Å²) >= 11 is 6.32. The lowest BCUT2D eigenvalue weighted by atomic mass is 10.2. The lowest BCUT2D eigenvalue weighted by molar-refractivity contribution is 0.0963. The number of ether oxygens (including phenoxy) is 1. The third-order valence-electron chi connectivity index (χ3n) is 4.86. The number of halogens is 1. The molecule has 9 nitrogen and oxygen atoms in total. The van der Waals surface area contributed by atoms with Crippen LogP contribution in [0.4, 0.5) is 17.3 Å². The van der Waals surface area contributed by atoms with E-state index in [4.69, 9.17) is 16.3 Å². The van der Waals surface area contributed by atoms with Gasteiger partial charge in [-0.1, -0.05) is 29.8 Å². The topological polar surface area (TPSA) is 122 Å². The highest BCUT2D eigenvalue weighted by molar-refractivity contribution is 7.92. The minimum atomic E-state index is -4.11. The van der Waals surface area contributed by atoms with E-state index in [1.807, 2.05) is 0 Å². The summed E-state index contributed by atoms with van der Waals surface area (Å²) in [6, 6.07) is 17.7. The van der Waals surface area contributed by atoms with E-state index in [2.05, 4.69) is 25.3 Å². The molecule has 4 rings (SSSR count). The molecular weight excluding hydrogens is 478 g/mol. The van der Waals surface area contributed by atoms with Crippen molar-refractivity contribution in [3.05, 3.63) is 77.3 Å². The van der Waals surface area contributed by atoms with Gasteiger partial charge in [0, 0.05) is 18.7 Å². The zero-order valence-electron chi connectivity index (χ0n) is 18.2. The van der Waals surface area contributed by atoms with Gasteiger partial charge in [0.25, 0.3) is 15.9 Å². The molecule has 4 aromatic rings. The van der Waals surface area contributed by atoms with Gasteiger partial charge in [0.05, 0.1) is 33.7 Å². The Labute approximate surface area is 201 Å². The molecular formula is C23H20ClN5O4S. The first-order valence-corrected chi connectivity index (χ1v) is 11.9. The van der Waals surface area contributed by atoms with Gasteiger partial charge in [-0.3, -0.25) is 9.52 Å². The fourth-order valence-electron chi connectivity index (χ4n) is 3.15. The van der Waals surface area contributed by atoms with Gasteiger partial charge in [0.1, 0.15) is 5.75 Å². The maximum absolute atomic E-state index is 13.2. The summed E-state index contributed by atoms with van der Waals surface area (Å²) in [6.07, 6.45) is 0. The molecule has 0 fully saturated rings. The molecule has 0 aliphatic rings. The number of sulfonamides is 1. The molecule has 3 aromatic carbocycles. The van der Waals surface area contributed by atoms with Gasteiger partial charge in [0.2, 0.25) is 0 Å². The molecule has 3 N–H and O–H groups in total. The third-order valence-corrected chi connectivity index (χ3v) is 6.53. The number of nitrogens with one attached hydrogen (secondary N) is 3. The molecule has 0 unspecified atom stereocenters. The summed E-state index contributed by atoms with van der Waals surface area (Å²) in [5, 5.41) is 5.89. The van der Waals surface area contributed by atoms with Gasteiger partial charge in [-0.2, -0.15) is 0 Å². The lowest BCUT2D eigenvalue weighted by Gasteiger charge is -2.15. The first kappa shape index (κ1) is 23.3. The van der Waals surface area contributed by atoms with Crippen LogP contribution in [0.2, 0.25) is 5.02 Å². The van der Waals surface area contributed by atoms with Crippen LogP contribution < -0.4 is 20.1 Å². The predicted octanol–water partition coefficient (Wildman–Crippen LogP) is 4.20. The summed E-state index contributed by atoms with van der Waals surface area (Å²) in [4.78, 5) is 20.9. The maximum Gasteiger partial charge on any atom is 0.263 e. The Balaban J connectivity index is 1.78. The number of methoxy groups -OCH3 is 1. The van der Waals surface area contributed by atoms with Crippen molar-refractivity contribution in [3.8, 4) is 5.75 Å². The Morgan fingerprint density at radius 2 is 1.65 bits per heavy atom. The first-order chi connectivity index (χ1) is 16.3. The van der Waals surface area contributed by atoms with Gasteiger partial charge in [-0.05, 0) is 42.5 Å². The molecule has 0 aliphatic heterocycles. The van der Waals surface area contributed by atoms with Crippen LogP contribution in [0.1, 0.15) is 10.4 Å². The van der Waals surface area contributed by atoms with Crippen molar-refractivity contribution < 1.29 is 17.9 Å². The zero-order valence-corrected chi connectivity index (χ0v) is 19.7. The van der Waals surface area contributed by atoms with E-state index < -0.39 is 15.9 Å². The number of nitrogens with zero attached hydrogens (tertiary/aromatic N) is 2. The zero-order chi connectivity index (χ0) is 24.3. The summed E-state index contributed by atoms with van der Waals surface area (Å²) in [6.45, 7) is 0. The van der Waals surface area contributed by atoms with Crippen molar-refractivity contribution in [2.24, 2.45) is 0 Å². The molecule has 0 saturated heterocycles. The summed E-state index contributed by atoms with van der Waals surface area (Å²) in [5.74, 6) is 0.245. The van der Waals surface area contributed by atoms with Crippen molar-refractivity contribution in [3.63, 3.8) is 0 Å². The van der Waals surface area contributed by atoms with E-state index in [-0.39, 0.29) is 22.1 Å². The fraction of sp³-hybridized carbons (Fsp3) is 0.0870. The molecule has 34 heavy (non-hydrogen) atoms. The second-order valence-corrected chi connectivity index (χ2v) is 9.18. The van der Waals surface area contributed by atoms with Crippen molar-refractivity contribution in [2.75, 3.05) is 24.2 Å². The average Bonchev–Trinajstić information content (AvgIpc) is 2.85. The van der Waals surface area contributed by atoms with Gasteiger partial charge in [0.15, 0.2) is 11.6 Å². The Morgan fingerprint density at radius 3 is 2.32 bits per heavy atom. The molecule has 0 bridgehead atoms. The molecule has 0 atom stereocenters. The van der Waals surface area contributed by atoms with Gasteiger partial charge < -0.3 is 15.4 Å². The van der Waals surface area contributed by atoms with Crippen LogP contribution in [0, 0.1) is 0 Å². The number of para-hydroxylation sites is 2. The number of fused-ring (bicyclic) bond motifs is 1. The summed E-state index contributed by atoms with van der Waals surface area (Å²) in [5.41, 5.74) is 1.69. The predicted molar refractivity (Wildman–Crippen MR) is 131 cm³/mol. The van der Waals surface area contributed by atoms with Crippen LogP contribution in [0.3, 0.4) is 0 Å². The van der Waals surface area contributed by atoms with Crippen LogP contribution >= 0.6 is 11.6 Å². The van der Waals surface area contributed by atoms with Gasteiger partial charge in [-0.25, -0.2) is 18.4 Å². The van der Waals surface area contributed by atoms with E-state index in [0.717, 1.165) is 0 Å². The van der Waals surface area contributed by atoms with Gasteiger partial charge in [-0.15, -0.1) is 0 Å². The fourth-order valence-corrected chi connectivity index (χ4v) is 4.37. The van der Waals surface area contributed by atoms with Crippen LogP contribution in [0.5, 0.6) is 5.75 Å². The lowest BCUT2D eigenvalue weighted by Crippen LogP contribution is -2.20. The number of aromatic nitrogens is 2. The minimum Gasteiger partial charge on any atom is -0.497 e. The van der Waals surface area contributed by atoms with Crippen LogP contribution in [-0.2, 0) is 10.0 Å². The second-order valence-electron chi connectivity index (χ2n) is 7.09. The number of carbonyl (C=O) groups excluding carboxylic acids is 1. The SMILES string of the molecule is CNC(=O)c1cccc(S(=O)(=O)Nc2nc3ccccc3nc2Nc2cc(OC)ccc2Cl)c1. The number of hydrogen-bond donors (Lipinski definition) is 3. The quantitative estimate of drug-likeness (QED) is 0.350. The number of carbonyl (C=O) groups is 1. The van der Waals surface area contributed by atoms with E-state index in [1.165, 1.54) is 38.4 Å². The number of anilines is 3. The average molecular weight is 498 g/mol. The molecule has 0 spiro atoms. The van der Waals surface area contributed by atoms with E-state index >= 15 is 0 Å². The number of amides is 1. The van der Waals surface area contributed by atoms with Crippen LogP contribution in [0.25, 0.3) is 11.0 Å². The van der Waals surface area contributed by atoms with E-state index in [0.29, 0.717) is 27.5 Å². The second kappa shape index (κ2) is 9.54. The number of rotatable bonds is 7.